The molecule has 0 radical (unpaired) electrons. The van der Waals surface area contributed by atoms with Crippen LogP contribution in [0.5, 0.6) is 0 Å². The minimum Gasteiger partial charge on any atom is -0.103 e. The summed E-state index contributed by atoms with van der Waals surface area (Å²) in [4.78, 5) is 0. The molecule has 0 N–H and O–H groups in total. The molecule has 43 heavy (non-hydrogen) atoms. The highest BCUT2D eigenvalue weighted by Crippen LogP contribution is 2.71. The van der Waals surface area contributed by atoms with E-state index in [1.165, 1.54) is 44.0 Å². The first-order valence-electron chi connectivity index (χ1n) is 15.6. The van der Waals surface area contributed by atoms with E-state index in [0.717, 1.165) is 12.8 Å². The summed E-state index contributed by atoms with van der Waals surface area (Å²) in [6.45, 7) is 9.34. The second-order valence-corrected chi connectivity index (χ2v) is 14.8. The highest BCUT2D eigenvalue weighted by molar-refractivity contribution is 7.74. The van der Waals surface area contributed by atoms with Crippen molar-refractivity contribution in [2.24, 2.45) is 5.92 Å². The Labute approximate surface area is 258 Å². The van der Waals surface area contributed by atoms with Crippen LogP contribution in [-0.2, 0) is 5.41 Å². The fraction of sp³-hybridized carbons (Fsp3) is 0.190. The van der Waals surface area contributed by atoms with Crippen LogP contribution in [0.3, 0.4) is 0 Å². The van der Waals surface area contributed by atoms with Gasteiger partial charge < -0.3 is 0 Å². The fourth-order valence-corrected chi connectivity index (χ4v) is 12.2. The molecule has 1 heteroatoms. The lowest BCUT2D eigenvalue weighted by molar-refractivity contribution is 0.242. The van der Waals surface area contributed by atoms with Crippen LogP contribution in [-0.4, -0.2) is 5.16 Å². The Balaban J connectivity index is 1.66. The molecule has 0 saturated heterocycles. The molecular weight excluding hydrogens is 535 g/mol. The third-order valence-electron chi connectivity index (χ3n) is 10.2. The molecule has 0 aromatic heterocycles. The van der Waals surface area contributed by atoms with E-state index in [4.69, 9.17) is 0 Å². The number of hydrogen-bond acceptors (Lipinski definition) is 0. The zero-order valence-corrected chi connectivity index (χ0v) is 26.1. The van der Waals surface area contributed by atoms with E-state index in [9.17, 15) is 0 Å². The Bertz CT molecular complexity index is 1700. The van der Waals surface area contributed by atoms with Crippen LogP contribution in [0.2, 0.25) is 0 Å². The Morgan fingerprint density at radius 3 is 1.79 bits per heavy atom. The van der Waals surface area contributed by atoms with Gasteiger partial charge in [0.1, 0.15) is 0 Å². The van der Waals surface area contributed by atoms with Crippen LogP contribution in [0.15, 0.2) is 152 Å². The van der Waals surface area contributed by atoms with Gasteiger partial charge in [0.25, 0.3) is 0 Å². The minimum absolute atomic E-state index is 0.195. The lowest BCUT2D eigenvalue weighted by atomic mass is 9.57. The van der Waals surface area contributed by atoms with Gasteiger partial charge in [-0.1, -0.05) is 172 Å². The molecule has 0 fully saturated rings. The van der Waals surface area contributed by atoms with E-state index in [2.05, 4.69) is 172 Å². The zero-order valence-electron chi connectivity index (χ0n) is 25.2. The van der Waals surface area contributed by atoms with E-state index in [0.29, 0.717) is 5.92 Å². The molecule has 0 saturated carbocycles. The summed E-state index contributed by atoms with van der Waals surface area (Å²) in [7, 11) is -0.875. The fourth-order valence-electron chi connectivity index (χ4n) is 8.57. The van der Waals surface area contributed by atoms with Gasteiger partial charge in [0.05, 0.1) is 0 Å². The predicted octanol–water partition coefficient (Wildman–Crippen LogP) is 10.3. The maximum absolute atomic E-state index is 4.30. The van der Waals surface area contributed by atoms with Crippen LogP contribution in [0, 0.1) is 5.92 Å². The van der Waals surface area contributed by atoms with Gasteiger partial charge in [-0.05, 0) is 64.3 Å². The second kappa shape index (κ2) is 11.3. The van der Waals surface area contributed by atoms with Crippen molar-refractivity contribution in [1.82, 2.24) is 0 Å². The summed E-state index contributed by atoms with van der Waals surface area (Å²) in [6.07, 6.45) is 9.25. The average Bonchev–Trinajstić information content (AvgIpc) is 3.62. The average molecular weight is 575 g/mol. The van der Waals surface area contributed by atoms with Crippen molar-refractivity contribution in [3.8, 4) is 11.1 Å². The summed E-state index contributed by atoms with van der Waals surface area (Å²) in [5, 5.41) is 2.62. The number of fused-ring (bicyclic) bond motifs is 4. The van der Waals surface area contributed by atoms with Crippen molar-refractivity contribution in [3.63, 3.8) is 0 Å². The number of hydrogen-bond donors (Lipinski definition) is 0. The topological polar surface area (TPSA) is 0 Å². The third-order valence-corrected chi connectivity index (χ3v) is 13.4. The molecule has 2 aliphatic carbocycles. The Kier molecular flexibility index (Phi) is 7.28. The molecule has 3 atom stereocenters. The van der Waals surface area contributed by atoms with E-state index in [1.54, 1.807) is 0 Å². The lowest BCUT2D eigenvalue weighted by Crippen LogP contribution is -2.57. The van der Waals surface area contributed by atoms with Crippen LogP contribution >= 0.6 is 7.92 Å². The van der Waals surface area contributed by atoms with Crippen molar-refractivity contribution in [2.75, 3.05) is 0 Å². The third kappa shape index (κ3) is 4.15. The molecule has 2 aliphatic rings. The summed E-state index contributed by atoms with van der Waals surface area (Å²) < 4.78 is 0. The van der Waals surface area contributed by atoms with E-state index in [-0.39, 0.29) is 16.5 Å². The molecule has 7 rings (SSSR count). The Hall–Kier alpha value is -3.99. The van der Waals surface area contributed by atoms with Gasteiger partial charge >= 0.3 is 0 Å². The van der Waals surface area contributed by atoms with Gasteiger partial charge in [-0.2, -0.15) is 0 Å². The van der Waals surface area contributed by atoms with Crippen LogP contribution < -0.4 is 10.6 Å². The zero-order chi connectivity index (χ0) is 29.4. The van der Waals surface area contributed by atoms with Crippen molar-refractivity contribution in [3.05, 3.63) is 174 Å². The smallest absolute Gasteiger partial charge is 0.0280 e. The van der Waals surface area contributed by atoms with Gasteiger partial charge in [-0.15, -0.1) is 6.58 Å². The predicted molar refractivity (Wildman–Crippen MR) is 187 cm³/mol. The highest BCUT2D eigenvalue weighted by atomic mass is 31.1. The first-order valence-corrected chi connectivity index (χ1v) is 17.0. The highest BCUT2D eigenvalue weighted by Gasteiger charge is 2.62. The van der Waals surface area contributed by atoms with Gasteiger partial charge in [0.2, 0.25) is 0 Å². The maximum Gasteiger partial charge on any atom is 0.0280 e. The van der Waals surface area contributed by atoms with E-state index in [1.807, 2.05) is 0 Å². The molecule has 5 aromatic rings. The molecule has 0 spiro atoms. The first-order chi connectivity index (χ1) is 21.1. The molecule has 0 nitrogen and oxygen atoms in total. The summed E-state index contributed by atoms with van der Waals surface area (Å²) in [5.41, 5.74) is 8.26. The number of benzene rings is 5. The number of allylic oxidation sites excluding steroid dienone is 2. The SMILES string of the molecule is C=CCC(CC)C1(C(C)(C2c3ccccc3-c3ccccc32)P(c2ccccc2)c2ccccc2)C=Cc2ccccc21. The Morgan fingerprint density at radius 1 is 0.721 bits per heavy atom. The van der Waals surface area contributed by atoms with Crippen LogP contribution in [0.4, 0.5) is 0 Å². The largest absolute Gasteiger partial charge is 0.103 e. The molecule has 0 amide bonds. The van der Waals surface area contributed by atoms with E-state index < -0.39 is 7.92 Å². The molecule has 212 valence electrons. The van der Waals surface area contributed by atoms with Crippen molar-refractivity contribution in [2.45, 2.75) is 43.2 Å². The molecule has 0 heterocycles. The standard InChI is InChI=1S/C42H39P/c1-4-18-32(5-2)42(30-29-31-19-12-17-28-39(31)42)41(3,43(33-20-8-6-9-21-33)34-22-10-7-11-23-34)40-37-26-15-13-24-35(37)36-25-14-16-27-38(36)40/h4,6-17,19-30,32,40H,1,5,18H2,2-3H3. The van der Waals surface area contributed by atoms with Gasteiger partial charge in [0.15, 0.2) is 0 Å². The van der Waals surface area contributed by atoms with Gasteiger partial charge in [-0.3, -0.25) is 0 Å². The monoisotopic (exact) mass is 574 g/mol. The second-order valence-electron chi connectivity index (χ2n) is 12.2. The lowest BCUT2D eigenvalue weighted by Gasteiger charge is -2.58. The molecule has 0 bridgehead atoms. The molecule has 3 unspecified atom stereocenters. The summed E-state index contributed by atoms with van der Waals surface area (Å²) in [5.74, 6) is 0.577. The molecule has 5 aromatic carbocycles. The van der Waals surface area contributed by atoms with Gasteiger partial charge in [-0.25, -0.2) is 0 Å². The van der Waals surface area contributed by atoms with Crippen LogP contribution in [0.1, 0.15) is 54.9 Å². The molecular formula is C42H39P. The first kappa shape index (κ1) is 27.8. The Morgan fingerprint density at radius 2 is 1.23 bits per heavy atom. The van der Waals surface area contributed by atoms with Crippen molar-refractivity contribution >= 4 is 24.6 Å². The summed E-state index contributed by atoms with van der Waals surface area (Å²) >= 11 is 0. The molecule has 0 aliphatic heterocycles. The maximum atomic E-state index is 4.30. The van der Waals surface area contributed by atoms with E-state index >= 15 is 0 Å². The van der Waals surface area contributed by atoms with Crippen LogP contribution in [0.25, 0.3) is 17.2 Å². The van der Waals surface area contributed by atoms with Gasteiger partial charge in [0, 0.05) is 16.5 Å². The minimum atomic E-state index is -0.875. The quantitative estimate of drug-likeness (QED) is 0.121. The number of rotatable bonds is 9. The summed E-state index contributed by atoms with van der Waals surface area (Å²) in [6, 6.07) is 50.4. The van der Waals surface area contributed by atoms with Crippen molar-refractivity contribution in [1.29, 1.82) is 0 Å². The van der Waals surface area contributed by atoms with Crippen molar-refractivity contribution < 1.29 is 0 Å². The normalized spacial score (nSPS) is 19.0.